The summed E-state index contributed by atoms with van der Waals surface area (Å²) in [5, 5.41) is 3.89. The Hall–Kier alpha value is -1.20. The molecule has 140 valence electrons. The van der Waals surface area contributed by atoms with Gasteiger partial charge in [-0.05, 0) is 80.5 Å². The highest BCUT2D eigenvalue weighted by Gasteiger charge is 2.51. The van der Waals surface area contributed by atoms with Gasteiger partial charge in [0, 0.05) is 15.5 Å². The lowest BCUT2D eigenvalue weighted by molar-refractivity contribution is -0.147. The van der Waals surface area contributed by atoms with Gasteiger partial charge in [0.1, 0.15) is 0 Å². The number of amides is 1. The van der Waals surface area contributed by atoms with Crippen LogP contribution in [0.25, 0.3) is 0 Å². The van der Waals surface area contributed by atoms with Crippen LogP contribution in [-0.2, 0) is 14.3 Å². The molecule has 4 nitrogen and oxygen atoms in total. The second-order valence-corrected chi connectivity index (χ2v) is 9.63. The van der Waals surface area contributed by atoms with Crippen LogP contribution in [0, 0.1) is 17.8 Å². The molecule has 1 aromatic carbocycles. The third-order valence-electron chi connectivity index (χ3n) is 5.98. The van der Waals surface area contributed by atoms with E-state index >= 15 is 0 Å². The normalized spacial score (nSPS) is 31.7. The van der Waals surface area contributed by atoms with Crippen molar-refractivity contribution >= 4 is 35.2 Å². The summed E-state index contributed by atoms with van der Waals surface area (Å²) in [5.74, 6) is 1.99. The molecule has 4 aliphatic carbocycles. The first-order chi connectivity index (χ1) is 12.5. The number of hydrogen-bond donors (Lipinski definition) is 1. The first-order valence-electron chi connectivity index (χ1n) is 9.35. The maximum atomic E-state index is 12.3. The Morgan fingerprint density at radius 2 is 1.65 bits per heavy atom. The molecule has 1 amide bonds. The molecule has 0 aliphatic heterocycles. The van der Waals surface area contributed by atoms with Gasteiger partial charge in [0.15, 0.2) is 6.61 Å². The highest BCUT2D eigenvalue weighted by atomic mass is 35.5. The molecule has 0 spiro atoms. The Morgan fingerprint density at radius 3 is 2.23 bits per heavy atom. The van der Waals surface area contributed by atoms with Crippen molar-refractivity contribution in [1.82, 2.24) is 5.32 Å². The van der Waals surface area contributed by atoms with Crippen LogP contribution < -0.4 is 5.32 Å². The van der Waals surface area contributed by atoms with E-state index in [0.29, 0.717) is 5.02 Å². The monoisotopic (exact) mass is 393 g/mol. The van der Waals surface area contributed by atoms with Crippen molar-refractivity contribution in [3.05, 3.63) is 29.3 Å². The van der Waals surface area contributed by atoms with E-state index in [1.807, 2.05) is 12.1 Å². The molecule has 0 unspecified atom stereocenters. The minimum Gasteiger partial charge on any atom is -0.455 e. The number of thioether (sulfide) groups is 1. The minimum atomic E-state index is -0.370. The Kier molecular flexibility index (Phi) is 5.20. The number of nitrogens with one attached hydrogen (secondary N) is 1. The molecule has 0 aromatic heterocycles. The van der Waals surface area contributed by atoms with Crippen molar-refractivity contribution < 1.29 is 14.3 Å². The molecule has 0 radical (unpaired) electrons. The number of carbonyl (C=O) groups excluding carboxylic acids is 2. The maximum absolute atomic E-state index is 12.3. The maximum Gasteiger partial charge on any atom is 0.316 e. The van der Waals surface area contributed by atoms with Gasteiger partial charge in [0.2, 0.25) is 0 Å². The quantitative estimate of drug-likeness (QED) is 0.585. The Labute approximate surface area is 163 Å². The summed E-state index contributed by atoms with van der Waals surface area (Å²) < 4.78 is 5.17. The highest BCUT2D eigenvalue weighted by molar-refractivity contribution is 8.00. The van der Waals surface area contributed by atoms with Gasteiger partial charge in [-0.15, -0.1) is 11.8 Å². The van der Waals surface area contributed by atoms with Gasteiger partial charge in [-0.1, -0.05) is 11.6 Å². The molecule has 4 fully saturated rings. The van der Waals surface area contributed by atoms with Crippen molar-refractivity contribution in [2.24, 2.45) is 17.8 Å². The second kappa shape index (κ2) is 7.43. The van der Waals surface area contributed by atoms with Crippen molar-refractivity contribution in [3.63, 3.8) is 0 Å². The second-order valence-electron chi connectivity index (χ2n) is 8.15. The van der Waals surface area contributed by atoms with Crippen LogP contribution in [0.4, 0.5) is 0 Å². The van der Waals surface area contributed by atoms with Gasteiger partial charge < -0.3 is 10.1 Å². The van der Waals surface area contributed by atoms with E-state index in [4.69, 9.17) is 16.3 Å². The van der Waals surface area contributed by atoms with Gasteiger partial charge in [0.05, 0.1) is 5.75 Å². The zero-order chi connectivity index (χ0) is 18.1. The first-order valence-corrected chi connectivity index (χ1v) is 10.7. The summed E-state index contributed by atoms with van der Waals surface area (Å²) in [6, 6.07) is 7.29. The summed E-state index contributed by atoms with van der Waals surface area (Å²) in [6.07, 6.45) is 7.32. The van der Waals surface area contributed by atoms with Gasteiger partial charge >= 0.3 is 5.97 Å². The topological polar surface area (TPSA) is 55.4 Å². The van der Waals surface area contributed by atoms with Crippen LogP contribution in [0.3, 0.4) is 0 Å². The van der Waals surface area contributed by atoms with E-state index < -0.39 is 0 Å². The molecule has 1 N–H and O–H groups in total. The predicted octanol–water partition coefficient (Wildman–Crippen LogP) is 4.06. The van der Waals surface area contributed by atoms with Crippen LogP contribution in [0.2, 0.25) is 5.02 Å². The first kappa shape index (κ1) is 18.2. The van der Waals surface area contributed by atoms with Crippen LogP contribution in [0.1, 0.15) is 38.5 Å². The number of benzene rings is 1. The number of ether oxygens (including phenoxy) is 1. The lowest BCUT2D eigenvalue weighted by atomic mass is 9.53. The number of rotatable bonds is 6. The minimum absolute atomic E-state index is 0.0315. The smallest absolute Gasteiger partial charge is 0.316 e. The molecule has 0 saturated heterocycles. The largest absolute Gasteiger partial charge is 0.455 e. The fourth-order valence-electron chi connectivity index (χ4n) is 5.46. The third kappa shape index (κ3) is 4.20. The average molecular weight is 394 g/mol. The molecule has 0 heterocycles. The zero-order valence-electron chi connectivity index (χ0n) is 14.7. The van der Waals surface area contributed by atoms with Gasteiger partial charge in [0.25, 0.3) is 5.91 Å². The molecule has 6 heteroatoms. The summed E-state index contributed by atoms with van der Waals surface area (Å²) in [5.41, 5.74) is -0.0315. The molecule has 26 heavy (non-hydrogen) atoms. The predicted molar refractivity (Wildman–Crippen MR) is 102 cm³/mol. The Balaban J connectivity index is 1.21. The SMILES string of the molecule is O=C(COC(=O)CSc1ccc(Cl)cc1)NC12CC3CC(CC(C3)C1)C2. The Bertz CT molecular complexity index is 656. The summed E-state index contributed by atoms with van der Waals surface area (Å²) in [4.78, 5) is 25.2. The highest BCUT2D eigenvalue weighted by Crippen LogP contribution is 2.55. The zero-order valence-corrected chi connectivity index (χ0v) is 16.3. The van der Waals surface area contributed by atoms with Gasteiger partial charge in [-0.2, -0.15) is 0 Å². The van der Waals surface area contributed by atoms with E-state index in [1.54, 1.807) is 12.1 Å². The van der Waals surface area contributed by atoms with E-state index in [0.717, 1.165) is 41.9 Å². The van der Waals surface area contributed by atoms with Crippen molar-refractivity contribution in [3.8, 4) is 0 Å². The number of halogens is 1. The molecular formula is C20H24ClNO3S. The summed E-state index contributed by atoms with van der Waals surface area (Å²) in [6.45, 7) is -0.179. The molecule has 4 saturated carbocycles. The lowest BCUT2D eigenvalue weighted by Gasteiger charge is -2.56. The number of esters is 1. The molecule has 4 aliphatic rings. The number of carbonyl (C=O) groups is 2. The standard InChI is InChI=1S/C20H24ClNO3S/c21-16-1-3-17(4-2-16)26-12-19(24)25-11-18(23)22-20-8-13-5-14(9-20)7-15(6-13)10-20/h1-4,13-15H,5-12H2,(H,22,23). The lowest BCUT2D eigenvalue weighted by Crippen LogP contribution is -2.60. The van der Waals surface area contributed by atoms with Crippen molar-refractivity contribution in [2.75, 3.05) is 12.4 Å². The van der Waals surface area contributed by atoms with E-state index in [2.05, 4.69) is 5.32 Å². The molecule has 1 aromatic rings. The van der Waals surface area contributed by atoms with Crippen molar-refractivity contribution in [1.29, 1.82) is 0 Å². The van der Waals surface area contributed by atoms with E-state index in [9.17, 15) is 9.59 Å². The van der Waals surface area contributed by atoms with Crippen LogP contribution in [-0.4, -0.2) is 29.8 Å². The van der Waals surface area contributed by atoms with E-state index in [1.165, 1.54) is 31.0 Å². The van der Waals surface area contributed by atoms with Gasteiger partial charge in [-0.25, -0.2) is 0 Å². The summed E-state index contributed by atoms with van der Waals surface area (Å²) >= 11 is 7.22. The van der Waals surface area contributed by atoms with Crippen LogP contribution in [0.15, 0.2) is 29.2 Å². The fourth-order valence-corrected chi connectivity index (χ4v) is 6.28. The Morgan fingerprint density at radius 1 is 1.08 bits per heavy atom. The average Bonchev–Trinajstić information content (AvgIpc) is 2.58. The van der Waals surface area contributed by atoms with Gasteiger partial charge in [-0.3, -0.25) is 9.59 Å². The molecule has 0 atom stereocenters. The third-order valence-corrected chi connectivity index (χ3v) is 7.21. The van der Waals surface area contributed by atoms with E-state index in [-0.39, 0.29) is 29.8 Å². The molecular weight excluding hydrogens is 370 g/mol. The van der Waals surface area contributed by atoms with Crippen LogP contribution in [0.5, 0.6) is 0 Å². The van der Waals surface area contributed by atoms with Crippen molar-refractivity contribution in [2.45, 2.75) is 49.0 Å². The molecule has 4 bridgehead atoms. The summed E-state index contributed by atoms with van der Waals surface area (Å²) in [7, 11) is 0. The van der Waals surface area contributed by atoms with Crippen LogP contribution >= 0.6 is 23.4 Å². The number of hydrogen-bond acceptors (Lipinski definition) is 4. The molecule has 5 rings (SSSR count). The fraction of sp³-hybridized carbons (Fsp3) is 0.600.